The molecular weight excluding hydrogens is 206 g/mol. The van der Waals surface area contributed by atoms with Crippen LogP contribution in [0.3, 0.4) is 0 Å². The molecule has 0 aliphatic rings. The van der Waals surface area contributed by atoms with Gasteiger partial charge in [-0.2, -0.15) is 0 Å². The van der Waals surface area contributed by atoms with Crippen LogP contribution in [0.5, 0.6) is 0 Å². The normalized spacial score (nSPS) is 12.0. The second-order valence-electron chi connectivity index (χ2n) is 4.08. The van der Waals surface area contributed by atoms with E-state index in [9.17, 15) is 0 Å². The van der Waals surface area contributed by atoms with Crippen LogP contribution in [0.4, 0.5) is 0 Å². The molecule has 98 valence electrons. The van der Waals surface area contributed by atoms with Crippen LogP contribution in [-0.2, 0) is 14.2 Å². The van der Waals surface area contributed by atoms with Gasteiger partial charge in [-0.1, -0.05) is 13.8 Å². The van der Waals surface area contributed by atoms with Gasteiger partial charge in [-0.3, -0.25) is 0 Å². The lowest BCUT2D eigenvalue weighted by Gasteiger charge is -2.26. The van der Waals surface area contributed by atoms with E-state index in [0.29, 0.717) is 19.8 Å². The molecule has 4 heteroatoms. The Bertz CT molecular complexity index is 149. The van der Waals surface area contributed by atoms with Crippen molar-refractivity contribution < 1.29 is 14.2 Å². The Morgan fingerprint density at radius 1 is 0.938 bits per heavy atom. The van der Waals surface area contributed by atoms with Crippen molar-refractivity contribution in [2.24, 2.45) is 5.73 Å². The minimum absolute atomic E-state index is 0.171. The molecule has 0 radical (unpaired) electrons. The number of nitrogens with two attached hydrogens (primary N) is 1. The maximum Gasteiger partial charge on any atom is 0.0701 e. The van der Waals surface area contributed by atoms with E-state index in [1.807, 2.05) is 0 Å². The van der Waals surface area contributed by atoms with Crippen LogP contribution in [0, 0.1) is 0 Å². The first-order valence-corrected chi connectivity index (χ1v) is 6.12. The van der Waals surface area contributed by atoms with Gasteiger partial charge in [-0.25, -0.2) is 0 Å². The molecule has 4 nitrogen and oxygen atoms in total. The van der Waals surface area contributed by atoms with Gasteiger partial charge < -0.3 is 19.9 Å². The van der Waals surface area contributed by atoms with E-state index < -0.39 is 0 Å². The molecule has 0 aromatic heterocycles. The average Bonchev–Trinajstić information content (AvgIpc) is 2.32. The highest BCUT2D eigenvalue weighted by Crippen LogP contribution is 2.11. The maximum atomic E-state index is 6.09. The molecule has 0 rings (SSSR count). The first-order chi connectivity index (χ1) is 7.68. The van der Waals surface area contributed by atoms with Crippen LogP contribution in [0.25, 0.3) is 0 Å². The first-order valence-electron chi connectivity index (χ1n) is 6.12. The number of methoxy groups -OCH3 is 1. The van der Waals surface area contributed by atoms with Gasteiger partial charge in [0, 0.05) is 25.9 Å². The summed E-state index contributed by atoms with van der Waals surface area (Å²) in [6, 6.07) is 0. The summed E-state index contributed by atoms with van der Waals surface area (Å²) in [5.74, 6) is 0. The number of ether oxygens (including phenoxy) is 3. The van der Waals surface area contributed by atoms with Crippen molar-refractivity contribution >= 4 is 0 Å². The van der Waals surface area contributed by atoms with Crippen LogP contribution >= 0.6 is 0 Å². The summed E-state index contributed by atoms with van der Waals surface area (Å²) in [4.78, 5) is 0. The van der Waals surface area contributed by atoms with Crippen molar-refractivity contribution in [1.82, 2.24) is 0 Å². The first kappa shape index (κ1) is 15.8. The fourth-order valence-electron chi connectivity index (χ4n) is 1.25. The number of hydrogen-bond acceptors (Lipinski definition) is 4. The SMILES string of the molecule is CCC(N)(CC)COCCOCCCOC. The van der Waals surface area contributed by atoms with E-state index in [1.54, 1.807) is 7.11 Å². The molecule has 0 unspecified atom stereocenters. The van der Waals surface area contributed by atoms with Gasteiger partial charge in [-0.05, 0) is 19.3 Å². The van der Waals surface area contributed by atoms with E-state index in [0.717, 1.165) is 32.5 Å². The molecule has 0 saturated carbocycles. The molecule has 0 bridgehead atoms. The smallest absolute Gasteiger partial charge is 0.0701 e. The van der Waals surface area contributed by atoms with Crippen molar-refractivity contribution in [2.75, 3.05) is 40.1 Å². The molecule has 0 aromatic rings. The lowest BCUT2D eigenvalue weighted by molar-refractivity contribution is 0.0205. The van der Waals surface area contributed by atoms with Crippen LogP contribution in [0.1, 0.15) is 33.1 Å². The van der Waals surface area contributed by atoms with Gasteiger partial charge in [0.2, 0.25) is 0 Å². The topological polar surface area (TPSA) is 53.7 Å². The summed E-state index contributed by atoms with van der Waals surface area (Å²) < 4.78 is 15.8. The van der Waals surface area contributed by atoms with E-state index in [-0.39, 0.29) is 5.54 Å². The molecule has 0 atom stereocenters. The third-order valence-corrected chi connectivity index (χ3v) is 2.81. The van der Waals surface area contributed by atoms with Crippen LogP contribution < -0.4 is 5.73 Å². The quantitative estimate of drug-likeness (QED) is 0.550. The minimum Gasteiger partial charge on any atom is -0.385 e. The Labute approximate surface area is 99.4 Å². The average molecular weight is 233 g/mol. The molecule has 0 aliphatic carbocycles. The van der Waals surface area contributed by atoms with Crippen LogP contribution in [0.2, 0.25) is 0 Å². The molecular formula is C12H27NO3. The number of hydrogen-bond donors (Lipinski definition) is 1. The third kappa shape index (κ3) is 8.05. The fraction of sp³-hybridized carbons (Fsp3) is 1.00. The molecule has 16 heavy (non-hydrogen) atoms. The van der Waals surface area contributed by atoms with Gasteiger partial charge >= 0.3 is 0 Å². The van der Waals surface area contributed by atoms with Crippen molar-refractivity contribution in [3.05, 3.63) is 0 Å². The summed E-state index contributed by atoms with van der Waals surface area (Å²) in [6.45, 7) is 7.52. The fourth-order valence-corrected chi connectivity index (χ4v) is 1.25. The molecule has 0 saturated heterocycles. The Balaban J connectivity index is 3.26. The summed E-state index contributed by atoms with van der Waals surface area (Å²) >= 11 is 0. The molecule has 0 aromatic carbocycles. The zero-order valence-electron chi connectivity index (χ0n) is 11.0. The monoisotopic (exact) mass is 233 g/mol. The lowest BCUT2D eigenvalue weighted by atomic mass is 9.96. The van der Waals surface area contributed by atoms with Crippen molar-refractivity contribution in [2.45, 2.75) is 38.6 Å². The second kappa shape index (κ2) is 10.0. The Morgan fingerprint density at radius 3 is 2.12 bits per heavy atom. The highest BCUT2D eigenvalue weighted by Gasteiger charge is 2.19. The molecule has 0 aliphatic heterocycles. The van der Waals surface area contributed by atoms with E-state index in [1.165, 1.54) is 0 Å². The summed E-state index contributed by atoms with van der Waals surface area (Å²) in [6.07, 6.45) is 2.82. The van der Waals surface area contributed by atoms with E-state index in [4.69, 9.17) is 19.9 Å². The van der Waals surface area contributed by atoms with Gasteiger partial charge in [0.05, 0.1) is 19.8 Å². The Kier molecular flexibility index (Phi) is 9.92. The van der Waals surface area contributed by atoms with Gasteiger partial charge in [0.1, 0.15) is 0 Å². The lowest BCUT2D eigenvalue weighted by Crippen LogP contribution is -2.43. The van der Waals surface area contributed by atoms with E-state index in [2.05, 4.69) is 13.8 Å². The van der Waals surface area contributed by atoms with Gasteiger partial charge in [0.15, 0.2) is 0 Å². The third-order valence-electron chi connectivity index (χ3n) is 2.81. The predicted octanol–water partition coefficient (Wildman–Crippen LogP) is 1.57. The van der Waals surface area contributed by atoms with Gasteiger partial charge in [0.25, 0.3) is 0 Å². The van der Waals surface area contributed by atoms with Crippen molar-refractivity contribution in [1.29, 1.82) is 0 Å². The summed E-state index contributed by atoms with van der Waals surface area (Å²) in [7, 11) is 1.69. The number of rotatable bonds is 11. The highest BCUT2D eigenvalue weighted by atomic mass is 16.5. The summed E-state index contributed by atoms with van der Waals surface area (Å²) in [5, 5.41) is 0. The zero-order valence-corrected chi connectivity index (χ0v) is 11.0. The minimum atomic E-state index is -0.171. The summed E-state index contributed by atoms with van der Waals surface area (Å²) in [5.41, 5.74) is 5.92. The van der Waals surface area contributed by atoms with Crippen LogP contribution in [0.15, 0.2) is 0 Å². The maximum absolute atomic E-state index is 6.09. The van der Waals surface area contributed by atoms with Gasteiger partial charge in [-0.15, -0.1) is 0 Å². The molecule has 2 N–H and O–H groups in total. The Hall–Kier alpha value is -0.160. The molecule has 0 heterocycles. The largest absolute Gasteiger partial charge is 0.385 e. The van der Waals surface area contributed by atoms with E-state index >= 15 is 0 Å². The van der Waals surface area contributed by atoms with Crippen molar-refractivity contribution in [3.63, 3.8) is 0 Å². The standard InChI is InChI=1S/C12H27NO3/c1-4-12(13,5-2)11-16-10-9-15-8-6-7-14-3/h4-11,13H2,1-3H3. The molecule has 0 fully saturated rings. The zero-order chi connectivity index (χ0) is 12.3. The predicted molar refractivity (Wildman–Crippen MR) is 65.6 cm³/mol. The second-order valence-corrected chi connectivity index (χ2v) is 4.08. The molecule has 0 amide bonds. The molecule has 0 spiro atoms. The highest BCUT2D eigenvalue weighted by molar-refractivity contribution is 4.80. The Morgan fingerprint density at radius 2 is 1.56 bits per heavy atom. The van der Waals surface area contributed by atoms with Crippen molar-refractivity contribution in [3.8, 4) is 0 Å². The van der Waals surface area contributed by atoms with Crippen LogP contribution in [-0.4, -0.2) is 45.7 Å².